The number of ether oxygens (including phenoxy) is 2. The average molecular weight is 256 g/mol. The number of phenolic OH excluding ortho intramolecular Hbond substituents is 1. The lowest BCUT2D eigenvalue weighted by atomic mass is 9.97. The van der Waals surface area contributed by atoms with Crippen molar-refractivity contribution in [1.82, 2.24) is 0 Å². The molecule has 0 radical (unpaired) electrons. The minimum Gasteiger partial charge on any atom is -0.508 e. The summed E-state index contributed by atoms with van der Waals surface area (Å²) in [4.78, 5) is 0. The van der Waals surface area contributed by atoms with E-state index in [2.05, 4.69) is 0 Å². The van der Waals surface area contributed by atoms with Crippen molar-refractivity contribution in [2.24, 2.45) is 0 Å². The van der Waals surface area contributed by atoms with Crippen molar-refractivity contribution in [1.29, 1.82) is 0 Å². The molecule has 98 valence electrons. The van der Waals surface area contributed by atoms with E-state index in [1.165, 1.54) is 0 Å². The lowest BCUT2D eigenvalue weighted by molar-refractivity contribution is 0.176. The molecule has 1 N–H and O–H groups in total. The lowest BCUT2D eigenvalue weighted by Crippen LogP contribution is -2.14. The van der Waals surface area contributed by atoms with Gasteiger partial charge in [-0.05, 0) is 54.3 Å². The molecule has 3 nitrogen and oxygen atoms in total. The van der Waals surface area contributed by atoms with Gasteiger partial charge < -0.3 is 14.6 Å². The number of aryl methyl sites for hydroxylation is 1. The van der Waals surface area contributed by atoms with Crippen molar-refractivity contribution >= 4 is 0 Å². The van der Waals surface area contributed by atoms with Crippen LogP contribution in [0.25, 0.3) is 0 Å². The summed E-state index contributed by atoms with van der Waals surface area (Å²) in [6, 6.07) is 13.2. The van der Waals surface area contributed by atoms with Crippen LogP contribution >= 0.6 is 0 Å². The fourth-order valence-electron chi connectivity index (χ4n) is 2.43. The fraction of sp³-hybridized carbons (Fsp3) is 0.250. The third-order valence-corrected chi connectivity index (χ3v) is 3.48. The van der Waals surface area contributed by atoms with Crippen molar-refractivity contribution in [2.75, 3.05) is 7.11 Å². The Morgan fingerprint density at radius 2 is 1.95 bits per heavy atom. The molecule has 0 saturated carbocycles. The molecule has 1 unspecified atom stereocenters. The van der Waals surface area contributed by atoms with Crippen LogP contribution in [0.1, 0.15) is 23.7 Å². The van der Waals surface area contributed by atoms with E-state index in [1.54, 1.807) is 19.2 Å². The first-order valence-corrected chi connectivity index (χ1v) is 6.39. The standard InChI is InChI=1S/C16H16O3/c1-18-14-6-2-11(3-7-14)15-8-4-12-10-13(17)5-9-16(12)19-15/h2-3,5-7,9-10,15,17H,4,8H2,1H3. The lowest BCUT2D eigenvalue weighted by Gasteiger charge is -2.26. The first-order valence-electron chi connectivity index (χ1n) is 6.39. The summed E-state index contributed by atoms with van der Waals surface area (Å²) in [7, 11) is 1.66. The summed E-state index contributed by atoms with van der Waals surface area (Å²) in [5, 5.41) is 9.46. The monoisotopic (exact) mass is 256 g/mol. The van der Waals surface area contributed by atoms with Crippen LogP contribution < -0.4 is 9.47 Å². The number of fused-ring (bicyclic) bond motifs is 1. The Labute approximate surface area is 112 Å². The van der Waals surface area contributed by atoms with E-state index in [9.17, 15) is 5.11 Å². The Kier molecular flexibility index (Phi) is 3.03. The molecule has 2 aromatic carbocycles. The second-order valence-corrected chi connectivity index (χ2v) is 4.71. The van der Waals surface area contributed by atoms with Gasteiger partial charge in [0.05, 0.1) is 7.11 Å². The molecule has 2 aromatic rings. The van der Waals surface area contributed by atoms with Crippen LogP contribution in [0.3, 0.4) is 0 Å². The molecule has 0 bridgehead atoms. The predicted molar refractivity (Wildman–Crippen MR) is 72.8 cm³/mol. The highest BCUT2D eigenvalue weighted by Gasteiger charge is 2.21. The summed E-state index contributed by atoms with van der Waals surface area (Å²) < 4.78 is 11.2. The van der Waals surface area contributed by atoms with E-state index in [4.69, 9.17) is 9.47 Å². The molecule has 3 heteroatoms. The first kappa shape index (κ1) is 11.9. The Balaban J connectivity index is 1.82. The van der Waals surface area contributed by atoms with Crippen LogP contribution in [-0.2, 0) is 6.42 Å². The molecular formula is C16H16O3. The zero-order valence-corrected chi connectivity index (χ0v) is 10.8. The van der Waals surface area contributed by atoms with Crippen molar-refractivity contribution in [3.05, 3.63) is 53.6 Å². The first-order chi connectivity index (χ1) is 9.26. The summed E-state index contributed by atoms with van der Waals surface area (Å²) in [5.74, 6) is 2.01. The highest BCUT2D eigenvalue weighted by atomic mass is 16.5. The molecule has 19 heavy (non-hydrogen) atoms. The highest BCUT2D eigenvalue weighted by Crippen LogP contribution is 2.36. The number of hydrogen-bond donors (Lipinski definition) is 1. The molecule has 1 aliphatic rings. The summed E-state index contributed by atoms with van der Waals surface area (Å²) in [5.41, 5.74) is 2.23. The van der Waals surface area contributed by atoms with Gasteiger partial charge in [0.25, 0.3) is 0 Å². The minimum atomic E-state index is 0.0722. The smallest absolute Gasteiger partial charge is 0.124 e. The number of methoxy groups -OCH3 is 1. The molecule has 1 atom stereocenters. The van der Waals surface area contributed by atoms with E-state index in [0.29, 0.717) is 5.75 Å². The van der Waals surface area contributed by atoms with E-state index >= 15 is 0 Å². The van der Waals surface area contributed by atoms with Crippen LogP contribution in [0.4, 0.5) is 0 Å². The quantitative estimate of drug-likeness (QED) is 0.894. The van der Waals surface area contributed by atoms with Crippen molar-refractivity contribution < 1.29 is 14.6 Å². The number of rotatable bonds is 2. The largest absolute Gasteiger partial charge is 0.508 e. The molecule has 1 aliphatic heterocycles. The second-order valence-electron chi connectivity index (χ2n) is 4.71. The minimum absolute atomic E-state index is 0.0722. The number of hydrogen-bond acceptors (Lipinski definition) is 3. The maximum Gasteiger partial charge on any atom is 0.124 e. The average Bonchev–Trinajstić information content (AvgIpc) is 2.47. The maximum atomic E-state index is 9.46. The van der Waals surface area contributed by atoms with Gasteiger partial charge in [-0.1, -0.05) is 12.1 Å². The van der Waals surface area contributed by atoms with Crippen LogP contribution in [0.5, 0.6) is 17.2 Å². The predicted octanol–water partition coefficient (Wildman–Crippen LogP) is 3.47. The van der Waals surface area contributed by atoms with E-state index in [0.717, 1.165) is 35.5 Å². The van der Waals surface area contributed by atoms with Gasteiger partial charge in [-0.3, -0.25) is 0 Å². The normalized spacial score (nSPS) is 17.4. The Hall–Kier alpha value is -2.16. The van der Waals surface area contributed by atoms with Crippen molar-refractivity contribution in [3.8, 4) is 17.2 Å². The number of aromatic hydroxyl groups is 1. The third kappa shape index (κ3) is 2.36. The molecular weight excluding hydrogens is 240 g/mol. The Bertz CT molecular complexity index is 575. The molecule has 3 rings (SSSR count). The number of benzene rings is 2. The molecule has 0 aromatic heterocycles. The van der Waals surface area contributed by atoms with E-state index in [1.807, 2.05) is 30.3 Å². The van der Waals surface area contributed by atoms with Crippen LogP contribution in [0.2, 0.25) is 0 Å². The zero-order valence-electron chi connectivity index (χ0n) is 10.8. The van der Waals surface area contributed by atoms with E-state index in [-0.39, 0.29) is 6.10 Å². The maximum absolute atomic E-state index is 9.46. The van der Waals surface area contributed by atoms with Gasteiger partial charge in [0.1, 0.15) is 23.4 Å². The van der Waals surface area contributed by atoms with E-state index < -0.39 is 0 Å². The second kappa shape index (κ2) is 4.84. The van der Waals surface area contributed by atoms with Crippen LogP contribution in [0.15, 0.2) is 42.5 Å². The molecule has 0 spiro atoms. The summed E-state index contributed by atoms with van der Waals surface area (Å²) in [6.45, 7) is 0. The van der Waals surface area contributed by atoms with Gasteiger partial charge in [0.2, 0.25) is 0 Å². The zero-order chi connectivity index (χ0) is 13.2. The van der Waals surface area contributed by atoms with Gasteiger partial charge in [-0.25, -0.2) is 0 Å². The topological polar surface area (TPSA) is 38.7 Å². The van der Waals surface area contributed by atoms with Gasteiger partial charge in [0, 0.05) is 0 Å². The van der Waals surface area contributed by atoms with Crippen molar-refractivity contribution in [2.45, 2.75) is 18.9 Å². The SMILES string of the molecule is COc1ccc(C2CCc3cc(O)ccc3O2)cc1. The van der Waals surface area contributed by atoms with Crippen LogP contribution in [0, 0.1) is 0 Å². The molecule has 0 aliphatic carbocycles. The Morgan fingerprint density at radius 3 is 2.68 bits per heavy atom. The number of phenols is 1. The highest BCUT2D eigenvalue weighted by molar-refractivity contribution is 5.42. The molecule has 0 saturated heterocycles. The molecule has 0 amide bonds. The Morgan fingerprint density at radius 1 is 1.16 bits per heavy atom. The fourth-order valence-corrected chi connectivity index (χ4v) is 2.43. The summed E-state index contributed by atoms with van der Waals surface area (Å²) in [6.07, 6.45) is 1.91. The van der Waals surface area contributed by atoms with Crippen molar-refractivity contribution in [3.63, 3.8) is 0 Å². The molecule has 0 fully saturated rings. The summed E-state index contributed by atoms with van der Waals surface area (Å²) >= 11 is 0. The van der Waals surface area contributed by atoms with Gasteiger partial charge in [0.15, 0.2) is 0 Å². The third-order valence-electron chi connectivity index (χ3n) is 3.48. The van der Waals surface area contributed by atoms with Crippen LogP contribution in [-0.4, -0.2) is 12.2 Å². The van der Waals surface area contributed by atoms with Gasteiger partial charge in [-0.2, -0.15) is 0 Å². The van der Waals surface area contributed by atoms with Gasteiger partial charge in [-0.15, -0.1) is 0 Å². The van der Waals surface area contributed by atoms with Gasteiger partial charge >= 0.3 is 0 Å². The molecule has 1 heterocycles.